The molecule has 0 spiro atoms. The number of amides is 1. The van der Waals surface area contributed by atoms with Crippen LogP contribution in [0.25, 0.3) is 11.0 Å². The number of halogens is 1. The number of carbonyl (C=O) groups is 1. The lowest BCUT2D eigenvalue weighted by Crippen LogP contribution is -2.47. The number of anilines is 2. The first-order chi connectivity index (χ1) is 20.0. The van der Waals surface area contributed by atoms with Gasteiger partial charge in [0.15, 0.2) is 23.2 Å². The number of hydrogen-bond acceptors (Lipinski definition) is 8. The molecule has 1 atom stereocenters. The van der Waals surface area contributed by atoms with Crippen molar-refractivity contribution in [3.8, 4) is 17.6 Å². The molecule has 2 heterocycles. The molecule has 1 N–H and O–H groups in total. The molecular formula is C31H31FN6O3. The van der Waals surface area contributed by atoms with Crippen LogP contribution in [0.2, 0.25) is 0 Å². The molecule has 1 aliphatic heterocycles. The minimum atomic E-state index is -1.14. The third kappa shape index (κ3) is 6.14. The van der Waals surface area contributed by atoms with Gasteiger partial charge in [-0.3, -0.25) is 4.79 Å². The van der Waals surface area contributed by atoms with Gasteiger partial charge in [0, 0.05) is 38.4 Å². The van der Waals surface area contributed by atoms with Crippen LogP contribution in [0.15, 0.2) is 66.7 Å². The molecule has 9 nitrogen and oxygen atoms in total. The van der Waals surface area contributed by atoms with E-state index in [1.165, 1.54) is 12.1 Å². The second-order valence-corrected chi connectivity index (χ2v) is 9.66. The van der Waals surface area contributed by atoms with Crippen molar-refractivity contribution in [3.63, 3.8) is 0 Å². The summed E-state index contributed by atoms with van der Waals surface area (Å²) >= 11 is 0. The number of fused-ring (bicyclic) bond motifs is 1. The molecule has 3 aromatic carbocycles. The van der Waals surface area contributed by atoms with Gasteiger partial charge in [0.05, 0.1) is 31.3 Å². The monoisotopic (exact) mass is 554 g/mol. The second kappa shape index (κ2) is 12.5. The molecule has 210 valence electrons. The van der Waals surface area contributed by atoms with Crippen molar-refractivity contribution in [2.24, 2.45) is 0 Å². The number of ether oxygens (including phenoxy) is 2. The van der Waals surface area contributed by atoms with Gasteiger partial charge < -0.3 is 24.6 Å². The zero-order valence-electron chi connectivity index (χ0n) is 23.0. The van der Waals surface area contributed by atoms with Crippen molar-refractivity contribution in [2.75, 3.05) is 56.7 Å². The molecule has 1 fully saturated rings. The van der Waals surface area contributed by atoms with E-state index in [0.717, 1.165) is 11.3 Å². The lowest BCUT2D eigenvalue weighted by atomic mass is 10.0. The van der Waals surface area contributed by atoms with Crippen LogP contribution in [0.5, 0.6) is 11.5 Å². The first-order valence-corrected chi connectivity index (χ1v) is 13.4. The summed E-state index contributed by atoms with van der Waals surface area (Å²) < 4.78 is 24.1. The van der Waals surface area contributed by atoms with Gasteiger partial charge in [-0.2, -0.15) is 5.26 Å². The van der Waals surface area contributed by atoms with E-state index in [9.17, 15) is 14.4 Å². The number of hydrogen-bond donors (Lipinski definition) is 1. The van der Waals surface area contributed by atoms with E-state index in [2.05, 4.69) is 21.2 Å². The maximum atomic E-state index is 13.4. The Morgan fingerprint density at radius 1 is 0.951 bits per heavy atom. The van der Waals surface area contributed by atoms with E-state index in [0.29, 0.717) is 73.2 Å². The Bertz CT molecular complexity index is 1560. The molecule has 1 saturated heterocycles. The fraction of sp³-hybridized carbons (Fsp3) is 0.290. The van der Waals surface area contributed by atoms with Gasteiger partial charge in [0.1, 0.15) is 11.5 Å². The van der Waals surface area contributed by atoms with Crippen LogP contribution < -0.4 is 24.6 Å². The summed E-state index contributed by atoms with van der Waals surface area (Å²) in [4.78, 5) is 27.2. The SMILES string of the molecule is COc1ccc(CCNC(=O)[C@H](C#N)c2nc3ccccc3nc2N2CCN(c3ccc(F)cc3)CC2)cc1OC. The van der Waals surface area contributed by atoms with Crippen LogP contribution in [-0.4, -0.2) is 62.8 Å². The standard InChI is InChI=1S/C31H31FN6O3/c1-40-27-12-7-21(19-28(27)41-2)13-14-34-31(39)24(20-33)29-30(36-26-6-4-3-5-25(26)35-29)38-17-15-37(16-18-38)23-10-8-22(32)9-11-23/h3-12,19,24H,13-18H2,1-2H3,(H,34,39)/t24-/m1/s1. The maximum Gasteiger partial charge on any atom is 0.243 e. The van der Waals surface area contributed by atoms with Crippen molar-refractivity contribution in [3.05, 3.63) is 83.8 Å². The summed E-state index contributed by atoms with van der Waals surface area (Å²) in [6.07, 6.45) is 0.547. The zero-order valence-corrected chi connectivity index (χ0v) is 23.0. The molecule has 41 heavy (non-hydrogen) atoms. The van der Waals surface area contributed by atoms with E-state index >= 15 is 0 Å². The summed E-state index contributed by atoms with van der Waals surface area (Å²) in [5.41, 5.74) is 3.55. The molecule has 4 aromatic rings. The highest BCUT2D eigenvalue weighted by atomic mass is 19.1. The fourth-order valence-corrected chi connectivity index (χ4v) is 4.97. The van der Waals surface area contributed by atoms with Crippen molar-refractivity contribution >= 4 is 28.4 Å². The number of rotatable bonds is 9. The fourth-order valence-electron chi connectivity index (χ4n) is 4.97. The molecule has 1 aromatic heterocycles. The van der Waals surface area contributed by atoms with Gasteiger partial charge in [0.2, 0.25) is 5.91 Å². The summed E-state index contributed by atoms with van der Waals surface area (Å²) in [6, 6.07) is 21.6. The number of para-hydroxylation sites is 2. The zero-order chi connectivity index (χ0) is 28.8. The van der Waals surface area contributed by atoms with Crippen LogP contribution in [0.4, 0.5) is 15.9 Å². The highest BCUT2D eigenvalue weighted by Gasteiger charge is 2.30. The van der Waals surface area contributed by atoms with Gasteiger partial charge in [-0.1, -0.05) is 18.2 Å². The number of nitrogens with zero attached hydrogens (tertiary/aromatic N) is 5. The van der Waals surface area contributed by atoms with Gasteiger partial charge >= 0.3 is 0 Å². The molecule has 0 aliphatic carbocycles. The molecule has 1 amide bonds. The van der Waals surface area contributed by atoms with Gasteiger partial charge in [-0.05, 0) is 60.5 Å². The Labute approximate surface area is 238 Å². The summed E-state index contributed by atoms with van der Waals surface area (Å²) in [6.45, 7) is 2.90. The minimum absolute atomic E-state index is 0.270. The second-order valence-electron chi connectivity index (χ2n) is 9.66. The molecule has 10 heteroatoms. The van der Waals surface area contributed by atoms with Crippen LogP contribution in [0, 0.1) is 17.1 Å². The van der Waals surface area contributed by atoms with Crippen molar-refractivity contribution in [1.29, 1.82) is 5.26 Å². The highest BCUT2D eigenvalue weighted by molar-refractivity contribution is 5.89. The Hall–Kier alpha value is -4.91. The molecule has 0 unspecified atom stereocenters. The largest absolute Gasteiger partial charge is 0.493 e. The lowest BCUT2D eigenvalue weighted by molar-refractivity contribution is -0.121. The van der Waals surface area contributed by atoms with Crippen LogP contribution in [0.1, 0.15) is 17.2 Å². The van der Waals surface area contributed by atoms with E-state index in [4.69, 9.17) is 19.4 Å². The molecule has 0 bridgehead atoms. The number of benzene rings is 3. The maximum absolute atomic E-state index is 13.4. The summed E-state index contributed by atoms with van der Waals surface area (Å²) in [7, 11) is 3.15. The van der Waals surface area contributed by atoms with Gasteiger partial charge in [-0.25, -0.2) is 14.4 Å². The topological polar surface area (TPSA) is 104 Å². The number of aromatic nitrogens is 2. The van der Waals surface area contributed by atoms with E-state index in [1.54, 1.807) is 26.4 Å². The third-order valence-electron chi connectivity index (χ3n) is 7.17. The average Bonchev–Trinajstić information content (AvgIpc) is 3.01. The van der Waals surface area contributed by atoms with Gasteiger partial charge in [-0.15, -0.1) is 0 Å². The predicted octanol–water partition coefficient (Wildman–Crippen LogP) is 4.08. The average molecular weight is 555 g/mol. The van der Waals surface area contributed by atoms with Crippen LogP contribution in [0.3, 0.4) is 0 Å². The third-order valence-corrected chi connectivity index (χ3v) is 7.17. The summed E-state index contributed by atoms with van der Waals surface area (Å²) in [5, 5.41) is 13.0. The highest BCUT2D eigenvalue weighted by Crippen LogP contribution is 2.30. The number of piperazine rings is 1. The van der Waals surface area contributed by atoms with Crippen molar-refractivity contribution < 1.29 is 18.7 Å². The smallest absolute Gasteiger partial charge is 0.243 e. The van der Waals surface area contributed by atoms with E-state index < -0.39 is 11.8 Å². The van der Waals surface area contributed by atoms with Gasteiger partial charge in [0.25, 0.3) is 0 Å². The quantitative estimate of drug-likeness (QED) is 0.330. The molecule has 5 rings (SSSR count). The molecular weight excluding hydrogens is 523 g/mol. The van der Waals surface area contributed by atoms with Crippen LogP contribution in [-0.2, 0) is 11.2 Å². The number of methoxy groups -OCH3 is 2. The minimum Gasteiger partial charge on any atom is -0.493 e. The van der Waals surface area contributed by atoms with Crippen molar-refractivity contribution in [1.82, 2.24) is 15.3 Å². The number of nitrogens with one attached hydrogen (secondary N) is 1. The van der Waals surface area contributed by atoms with E-state index in [1.807, 2.05) is 42.5 Å². The van der Waals surface area contributed by atoms with Crippen molar-refractivity contribution in [2.45, 2.75) is 12.3 Å². The Morgan fingerprint density at radius 2 is 1.61 bits per heavy atom. The summed E-state index contributed by atoms with van der Waals surface area (Å²) in [5.74, 6) is -0.0592. The first kappa shape index (κ1) is 27.6. The predicted molar refractivity (Wildman–Crippen MR) is 155 cm³/mol. The number of carbonyl (C=O) groups excluding carboxylic acids is 1. The Morgan fingerprint density at radius 3 is 2.27 bits per heavy atom. The molecule has 0 saturated carbocycles. The van der Waals surface area contributed by atoms with Crippen LogP contribution >= 0.6 is 0 Å². The lowest BCUT2D eigenvalue weighted by Gasteiger charge is -2.37. The Balaban J connectivity index is 1.33. The van der Waals surface area contributed by atoms with E-state index in [-0.39, 0.29) is 5.82 Å². The number of nitriles is 1. The molecule has 0 radical (unpaired) electrons. The normalized spacial score (nSPS) is 13.9. The first-order valence-electron chi connectivity index (χ1n) is 13.4. The molecule has 1 aliphatic rings. The Kier molecular flexibility index (Phi) is 8.44.